The van der Waals surface area contributed by atoms with Gasteiger partial charge in [-0.3, -0.25) is 4.79 Å². The van der Waals surface area contributed by atoms with E-state index >= 15 is 0 Å². The van der Waals surface area contributed by atoms with Crippen molar-refractivity contribution >= 4 is 17.5 Å². The predicted molar refractivity (Wildman–Crippen MR) is 58.2 cm³/mol. The molecule has 1 amide bonds. The second-order valence-corrected chi connectivity index (χ2v) is 4.35. The molecule has 0 aromatic heterocycles. The molecule has 2 unspecified atom stereocenters. The number of carbonyl (C=O) groups excluding carboxylic acids is 1. The standard InChI is InChI=1S/C10H17ClN2O/c1-7(11)6-13-10(14)9-3-4-12-8(2)5-9/h8-9,12H,1,3-6H2,2H3,(H,13,14). The molecule has 14 heavy (non-hydrogen) atoms. The third kappa shape index (κ3) is 3.68. The fraction of sp³-hybridized carbons (Fsp3) is 0.700. The van der Waals surface area contributed by atoms with E-state index in [4.69, 9.17) is 11.6 Å². The Balaban J connectivity index is 2.32. The van der Waals surface area contributed by atoms with E-state index in [1.54, 1.807) is 0 Å². The van der Waals surface area contributed by atoms with Crippen LogP contribution in [0.1, 0.15) is 19.8 Å². The Labute approximate surface area is 89.9 Å². The molecule has 0 bridgehead atoms. The van der Waals surface area contributed by atoms with Gasteiger partial charge in [0, 0.05) is 17.0 Å². The van der Waals surface area contributed by atoms with Crippen molar-refractivity contribution < 1.29 is 4.79 Å². The Hall–Kier alpha value is -0.540. The van der Waals surface area contributed by atoms with E-state index in [1.807, 2.05) is 0 Å². The average molecular weight is 217 g/mol. The van der Waals surface area contributed by atoms with Gasteiger partial charge in [0.1, 0.15) is 0 Å². The largest absolute Gasteiger partial charge is 0.351 e. The van der Waals surface area contributed by atoms with Gasteiger partial charge in [-0.15, -0.1) is 0 Å². The highest BCUT2D eigenvalue weighted by molar-refractivity contribution is 6.29. The second kappa shape index (κ2) is 5.37. The van der Waals surface area contributed by atoms with Gasteiger partial charge in [0.25, 0.3) is 0 Å². The minimum Gasteiger partial charge on any atom is -0.351 e. The molecule has 0 aliphatic carbocycles. The topological polar surface area (TPSA) is 41.1 Å². The van der Waals surface area contributed by atoms with Gasteiger partial charge in [0.2, 0.25) is 5.91 Å². The highest BCUT2D eigenvalue weighted by Gasteiger charge is 2.24. The number of hydrogen-bond acceptors (Lipinski definition) is 2. The lowest BCUT2D eigenvalue weighted by molar-refractivity contribution is -0.125. The minimum atomic E-state index is 0.0974. The summed E-state index contributed by atoms with van der Waals surface area (Å²) in [7, 11) is 0. The number of halogens is 1. The van der Waals surface area contributed by atoms with Crippen LogP contribution in [0.15, 0.2) is 11.6 Å². The molecule has 1 aliphatic rings. The maximum Gasteiger partial charge on any atom is 0.223 e. The first-order chi connectivity index (χ1) is 6.59. The summed E-state index contributed by atoms with van der Waals surface area (Å²) in [5, 5.41) is 6.55. The molecule has 2 atom stereocenters. The van der Waals surface area contributed by atoms with Crippen LogP contribution in [0.5, 0.6) is 0 Å². The average Bonchev–Trinajstić information content (AvgIpc) is 2.14. The van der Waals surface area contributed by atoms with E-state index in [0.717, 1.165) is 19.4 Å². The third-order valence-electron chi connectivity index (χ3n) is 2.45. The van der Waals surface area contributed by atoms with Crippen LogP contribution in [-0.4, -0.2) is 25.0 Å². The summed E-state index contributed by atoms with van der Waals surface area (Å²) in [6, 6.07) is 0.429. The number of carbonyl (C=O) groups is 1. The van der Waals surface area contributed by atoms with Gasteiger partial charge in [-0.2, -0.15) is 0 Å². The summed E-state index contributed by atoms with van der Waals surface area (Å²) in [5.74, 6) is 0.224. The van der Waals surface area contributed by atoms with E-state index in [-0.39, 0.29) is 11.8 Å². The monoisotopic (exact) mass is 216 g/mol. The fourth-order valence-electron chi connectivity index (χ4n) is 1.70. The zero-order chi connectivity index (χ0) is 10.6. The maximum atomic E-state index is 11.6. The van der Waals surface area contributed by atoms with Gasteiger partial charge in [-0.1, -0.05) is 18.2 Å². The summed E-state index contributed by atoms with van der Waals surface area (Å²) in [6.45, 7) is 6.91. The lowest BCUT2D eigenvalue weighted by atomic mass is 9.92. The van der Waals surface area contributed by atoms with E-state index in [0.29, 0.717) is 17.6 Å². The Morgan fingerprint density at radius 3 is 3.00 bits per heavy atom. The summed E-state index contributed by atoms with van der Waals surface area (Å²) in [5.41, 5.74) is 0. The molecule has 1 saturated heterocycles. The molecule has 1 fully saturated rings. The van der Waals surface area contributed by atoms with Gasteiger partial charge < -0.3 is 10.6 Å². The number of hydrogen-bond donors (Lipinski definition) is 2. The minimum absolute atomic E-state index is 0.0974. The maximum absolute atomic E-state index is 11.6. The van der Waals surface area contributed by atoms with Gasteiger partial charge in [0.05, 0.1) is 6.54 Å². The molecular weight excluding hydrogens is 200 g/mol. The van der Waals surface area contributed by atoms with Gasteiger partial charge >= 0.3 is 0 Å². The molecule has 0 spiro atoms. The van der Waals surface area contributed by atoms with Crippen LogP contribution in [0.3, 0.4) is 0 Å². The van der Waals surface area contributed by atoms with Gasteiger partial charge in [-0.25, -0.2) is 0 Å². The third-order valence-corrected chi connectivity index (χ3v) is 2.58. The van der Waals surface area contributed by atoms with Crippen LogP contribution in [-0.2, 0) is 4.79 Å². The molecule has 1 aliphatic heterocycles. The number of piperidine rings is 1. The first kappa shape index (κ1) is 11.5. The van der Waals surface area contributed by atoms with Crippen molar-refractivity contribution in [1.29, 1.82) is 0 Å². The summed E-state index contributed by atoms with van der Waals surface area (Å²) >= 11 is 5.57. The molecule has 1 heterocycles. The molecule has 80 valence electrons. The van der Waals surface area contributed by atoms with Gasteiger partial charge in [0.15, 0.2) is 0 Å². The Morgan fingerprint density at radius 2 is 2.43 bits per heavy atom. The molecule has 1 rings (SSSR count). The molecule has 0 aromatic carbocycles. The van der Waals surface area contributed by atoms with Crippen LogP contribution >= 0.6 is 11.6 Å². The summed E-state index contributed by atoms with van der Waals surface area (Å²) in [4.78, 5) is 11.6. The van der Waals surface area contributed by atoms with E-state index in [1.165, 1.54) is 0 Å². The quantitative estimate of drug-likeness (QED) is 0.746. The van der Waals surface area contributed by atoms with Crippen LogP contribution in [0.2, 0.25) is 0 Å². The smallest absolute Gasteiger partial charge is 0.223 e. The zero-order valence-electron chi connectivity index (χ0n) is 8.48. The van der Waals surface area contributed by atoms with Crippen LogP contribution in [0.25, 0.3) is 0 Å². The molecule has 3 nitrogen and oxygen atoms in total. The fourth-order valence-corrected chi connectivity index (χ4v) is 1.76. The Kier molecular flexibility index (Phi) is 4.42. The lowest BCUT2D eigenvalue weighted by Crippen LogP contribution is -2.42. The van der Waals surface area contributed by atoms with E-state index in [2.05, 4.69) is 24.1 Å². The van der Waals surface area contributed by atoms with E-state index < -0.39 is 0 Å². The number of nitrogens with one attached hydrogen (secondary N) is 2. The van der Waals surface area contributed by atoms with Crippen molar-refractivity contribution in [2.45, 2.75) is 25.8 Å². The van der Waals surface area contributed by atoms with E-state index in [9.17, 15) is 4.79 Å². The lowest BCUT2D eigenvalue weighted by Gasteiger charge is -2.27. The predicted octanol–water partition coefficient (Wildman–Crippen LogP) is 1.24. The van der Waals surface area contributed by atoms with Crippen molar-refractivity contribution in [3.8, 4) is 0 Å². The first-order valence-corrected chi connectivity index (χ1v) is 5.31. The molecule has 0 saturated carbocycles. The summed E-state index contributed by atoms with van der Waals surface area (Å²) in [6.07, 6.45) is 1.81. The SMILES string of the molecule is C=C(Cl)CNC(=O)C1CCNC(C)C1. The number of rotatable bonds is 3. The molecular formula is C10H17ClN2O. The van der Waals surface area contributed by atoms with Crippen molar-refractivity contribution in [2.75, 3.05) is 13.1 Å². The van der Waals surface area contributed by atoms with Crippen molar-refractivity contribution in [2.24, 2.45) is 5.92 Å². The summed E-state index contributed by atoms with van der Waals surface area (Å²) < 4.78 is 0. The molecule has 2 N–H and O–H groups in total. The van der Waals surface area contributed by atoms with Crippen molar-refractivity contribution in [1.82, 2.24) is 10.6 Å². The van der Waals surface area contributed by atoms with Crippen molar-refractivity contribution in [3.05, 3.63) is 11.6 Å². The Morgan fingerprint density at radius 1 is 1.71 bits per heavy atom. The Bertz CT molecular complexity index is 230. The zero-order valence-corrected chi connectivity index (χ0v) is 9.23. The van der Waals surface area contributed by atoms with Crippen molar-refractivity contribution in [3.63, 3.8) is 0 Å². The van der Waals surface area contributed by atoms with Crippen LogP contribution in [0, 0.1) is 5.92 Å². The number of amides is 1. The van der Waals surface area contributed by atoms with Crippen LogP contribution in [0.4, 0.5) is 0 Å². The molecule has 0 aromatic rings. The molecule has 4 heteroatoms. The first-order valence-electron chi connectivity index (χ1n) is 4.94. The molecule has 0 radical (unpaired) electrons. The van der Waals surface area contributed by atoms with Crippen LogP contribution < -0.4 is 10.6 Å². The highest BCUT2D eigenvalue weighted by atomic mass is 35.5. The normalized spacial score (nSPS) is 27.0. The van der Waals surface area contributed by atoms with Gasteiger partial charge in [-0.05, 0) is 26.3 Å². The highest BCUT2D eigenvalue weighted by Crippen LogP contribution is 2.15. The second-order valence-electron chi connectivity index (χ2n) is 3.81.